The van der Waals surface area contributed by atoms with E-state index in [1.807, 2.05) is 19.9 Å². The van der Waals surface area contributed by atoms with E-state index in [9.17, 15) is 9.59 Å². The molecule has 0 aromatic heterocycles. The van der Waals surface area contributed by atoms with Gasteiger partial charge in [-0.25, -0.2) is 5.01 Å². The monoisotopic (exact) mass is 464 g/mol. The molecular formula is C20H18BrClN2O4. The summed E-state index contributed by atoms with van der Waals surface area (Å²) in [5.41, 5.74) is 3.66. The number of ether oxygens (including phenoxy) is 2. The number of hydrogen-bond donors (Lipinski definition) is 1. The molecule has 0 spiro atoms. The van der Waals surface area contributed by atoms with Gasteiger partial charge in [0.25, 0.3) is 11.8 Å². The highest BCUT2D eigenvalue weighted by Crippen LogP contribution is 2.38. The van der Waals surface area contributed by atoms with Crippen LogP contribution in [0.15, 0.2) is 46.4 Å². The summed E-state index contributed by atoms with van der Waals surface area (Å²) < 4.78 is 11.8. The number of hydrogen-bond acceptors (Lipinski definition) is 4. The number of hydrazine groups is 1. The van der Waals surface area contributed by atoms with Crippen LogP contribution >= 0.6 is 27.5 Å². The van der Waals surface area contributed by atoms with Gasteiger partial charge in [-0.05, 0) is 55.8 Å². The van der Waals surface area contributed by atoms with E-state index in [1.165, 1.54) is 18.2 Å². The van der Waals surface area contributed by atoms with Gasteiger partial charge in [0.2, 0.25) is 0 Å². The molecule has 1 N–H and O–H groups in total. The van der Waals surface area contributed by atoms with Crippen LogP contribution in [0.25, 0.3) is 6.08 Å². The van der Waals surface area contributed by atoms with Crippen molar-refractivity contribution >= 4 is 51.1 Å². The maximum absolute atomic E-state index is 12.8. The summed E-state index contributed by atoms with van der Waals surface area (Å²) in [4.78, 5) is 25.1. The summed E-state index contributed by atoms with van der Waals surface area (Å²) >= 11 is 9.68. The van der Waals surface area contributed by atoms with E-state index >= 15 is 0 Å². The molecule has 0 unspecified atom stereocenters. The molecular weight excluding hydrogens is 448 g/mol. The number of methoxy groups -OCH3 is 1. The predicted octanol–water partition coefficient (Wildman–Crippen LogP) is 4.36. The molecule has 0 aliphatic carbocycles. The first-order chi connectivity index (χ1) is 13.3. The number of carbonyl (C=O) groups is 2. The average Bonchev–Trinajstić information content (AvgIpc) is 2.91. The summed E-state index contributed by atoms with van der Waals surface area (Å²) in [5, 5.41) is 1.53. The average molecular weight is 466 g/mol. The quantitative estimate of drug-likeness (QED) is 0.526. The third-order valence-corrected chi connectivity index (χ3v) is 4.65. The molecule has 1 saturated heterocycles. The molecule has 28 heavy (non-hydrogen) atoms. The highest BCUT2D eigenvalue weighted by molar-refractivity contribution is 9.10. The zero-order valence-corrected chi connectivity index (χ0v) is 17.8. The molecule has 1 aliphatic rings. The first-order valence-corrected chi connectivity index (χ1v) is 9.64. The lowest BCUT2D eigenvalue weighted by atomic mass is 10.1. The van der Waals surface area contributed by atoms with E-state index in [2.05, 4.69) is 21.4 Å². The lowest BCUT2D eigenvalue weighted by Gasteiger charge is -2.16. The Balaban J connectivity index is 1.96. The largest absolute Gasteiger partial charge is 0.493 e. The lowest BCUT2D eigenvalue weighted by molar-refractivity contribution is -0.117. The number of nitrogens with zero attached hydrogens (tertiary/aromatic N) is 1. The van der Waals surface area contributed by atoms with E-state index in [0.717, 1.165) is 4.47 Å². The first kappa shape index (κ1) is 20.2. The van der Waals surface area contributed by atoms with Crippen molar-refractivity contribution in [3.63, 3.8) is 0 Å². The number of anilines is 1. The molecule has 3 rings (SSSR count). The van der Waals surface area contributed by atoms with Crippen LogP contribution in [-0.2, 0) is 9.59 Å². The minimum atomic E-state index is -0.498. The molecule has 0 bridgehead atoms. The van der Waals surface area contributed by atoms with E-state index in [4.69, 9.17) is 21.1 Å². The van der Waals surface area contributed by atoms with Gasteiger partial charge >= 0.3 is 0 Å². The molecule has 2 amide bonds. The Hall–Kier alpha value is -2.51. The van der Waals surface area contributed by atoms with Crippen molar-refractivity contribution in [2.45, 2.75) is 20.0 Å². The van der Waals surface area contributed by atoms with Crippen molar-refractivity contribution in [1.29, 1.82) is 0 Å². The van der Waals surface area contributed by atoms with Gasteiger partial charge in [-0.2, -0.15) is 0 Å². The van der Waals surface area contributed by atoms with Crippen LogP contribution in [0, 0.1) is 0 Å². The van der Waals surface area contributed by atoms with Gasteiger partial charge in [-0.15, -0.1) is 0 Å². The third-order valence-electron chi connectivity index (χ3n) is 3.87. The number of benzene rings is 2. The Morgan fingerprint density at radius 1 is 1.21 bits per heavy atom. The van der Waals surface area contributed by atoms with Gasteiger partial charge in [0.05, 0.1) is 23.9 Å². The number of amides is 2. The molecule has 1 heterocycles. The fraction of sp³-hybridized carbons (Fsp3) is 0.200. The van der Waals surface area contributed by atoms with Crippen LogP contribution in [0.3, 0.4) is 0 Å². The molecule has 146 valence electrons. The molecule has 1 fully saturated rings. The second kappa shape index (κ2) is 8.24. The maximum Gasteiger partial charge on any atom is 0.282 e. The van der Waals surface area contributed by atoms with Gasteiger partial charge in [0.1, 0.15) is 5.57 Å². The molecule has 1 aliphatic heterocycles. The Bertz CT molecular complexity index is 975. The van der Waals surface area contributed by atoms with Gasteiger partial charge in [-0.3, -0.25) is 15.0 Å². The summed E-state index contributed by atoms with van der Waals surface area (Å²) in [5.74, 6) is -0.120. The normalized spacial score (nSPS) is 15.4. The van der Waals surface area contributed by atoms with Crippen molar-refractivity contribution in [3.8, 4) is 11.5 Å². The lowest BCUT2D eigenvalue weighted by Crippen LogP contribution is -2.35. The zero-order valence-electron chi connectivity index (χ0n) is 15.5. The Labute approximate surface area is 176 Å². The summed E-state index contributed by atoms with van der Waals surface area (Å²) in [6.45, 7) is 3.76. The second-order valence-electron chi connectivity index (χ2n) is 6.32. The summed E-state index contributed by atoms with van der Waals surface area (Å²) in [7, 11) is 1.50. The highest BCUT2D eigenvalue weighted by atomic mass is 79.9. The summed E-state index contributed by atoms with van der Waals surface area (Å²) in [6, 6.07) is 10.4. The number of rotatable bonds is 5. The molecule has 2 aromatic carbocycles. The predicted molar refractivity (Wildman–Crippen MR) is 112 cm³/mol. The smallest absolute Gasteiger partial charge is 0.282 e. The van der Waals surface area contributed by atoms with Crippen LogP contribution in [0.5, 0.6) is 11.5 Å². The standard InChI is InChI=1S/C20H18BrClN2O4/c1-11(2)28-18-16(22)8-12(9-17(18)27-3)7-15-19(25)23-24(20(15)26)14-6-4-5-13(21)10-14/h4-11H,1-3H3,(H,23,25). The molecule has 8 heteroatoms. The van der Waals surface area contributed by atoms with Crippen molar-refractivity contribution < 1.29 is 19.1 Å². The van der Waals surface area contributed by atoms with Crippen LogP contribution in [-0.4, -0.2) is 25.0 Å². The third kappa shape index (κ3) is 4.15. The van der Waals surface area contributed by atoms with E-state index in [1.54, 1.807) is 30.3 Å². The fourth-order valence-corrected chi connectivity index (χ4v) is 3.35. The van der Waals surface area contributed by atoms with Gasteiger partial charge in [0, 0.05) is 4.47 Å². The van der Waals surface area contributed by atoms with Gasteiger partial charge < -0.3 is 9.47 Å². The van der Waals surface area contributed by atoms with Crippen LogP contribution in [0.4, 0.5) is 5.69 Å². The van der Waals surface area contributed by atoms with E-state index < -0.39 is 11.8 Å². The van der Waals surface area contributed by atoms with Gasteiger partial charge in [-0.1, -0.05) is 33.6 Å². The second-order valence-corrected chi connectivity index (χ2v) is 7.64. The van der Waals surface area contributed by atoms with Crippen molar-refractivity contribution in [1.82, 2.24) is 5.43 Å². The Morgan fingerprint density at radius 3 is 2.61 bits per heavy atom. The Morgan fingerprint density at radius 2 is 1.96 bits per heavy atom. The Kier molecular flexibility index (Phi) is 5.96. The molecule has 2 aromatic rings. The van der Waals surface area contributed by atoms with Crippen LogP contribution in [0.2, 0.25) is 5.02 Å². The number of nitrogens with one attached hydrogen (secondary N) is 1. The van der Waals surface area contributed by atoms with Crippen molar-refractivity contribution in [2.24, 2.45) is 0 Å². The minimum absolute atomic E-state index is 0.00405. The highest BCUT2D eigenvalue weighted by Gasteiger charge is 2.34. The number of carbonyl (C=O) groups excluding carboxylic acids is 2. The SMILES string of the molecule is COc1cc(C=C2C(=O)NN(c3cccc(Br)c3)C2=O)cc(Cl)c1OC(C)C. The van der Waals surface area contributed by atoms with E-state index in [-0.39, 0.29) is 11.7 Å². The molecule has 0 radical (unpaired) electrons. The zero-order chi connectivity index (χ0) is 20.4. The first-order valence-electron chi connectivity index (χ1n) is 8.47. The molecule has 0 atom stereocenters. The van der Waals surface area contributed by atoms with Crippen molar-refractivity contribution in [2.75, 3.05) is 12.1 Å². The molecule has 0 saturated carbocycles. The minimum Gasteiger partial charge on any atom is -0.493 e. The van der Waals surface area contributed by atoms with E-state index in [0.29, 0.717) is 27.8 Å². The topological polar surface area (TPSA) is 67.9 Å². The molecule has 6 nitrogen and oxygen atoms in total. The number of halogens is 2. The summed E-state index contributed by atoms with van der Waals surface area (Å²) in [6.07, 6.45) is 1.39. The fourth-order valence-electron chi connectivity index (χ4n) is 2.69. The van der Waals surface area contributed by atoms with Crippen LogP contribution < -0.4 is 19.9 Å². The van der Waals surface area contributed by atoms with Crippen molar-refractivity contribution in [3.05, 3.63) is 57.0 Å². The maximum atomic E-state index is 12.8. The van der Waals surface area contributed by atoms with Gasteiger partial charge in [0.15, 0.2) is 11.5 Å². The van der Waals surface area contributed by atoms with Crippen LogP contribution in [0.1, 0.15) is 19.4 Å².